The topological polar surface area (TPSA) is 12.9 Å². The Labute approximate surface area is 98.5 Å². The summed E-state index contributed by atoms with van der Waals surface area (Å²) in [6.45, 7) is 10.6. The summed E-state index contributed by atoms with van der Waals surface area (Å²) in [6.07, 6.45) is 1.85. The van der Waals surface area contributed by atoms with Crippen LogP contribution < -0.4 is 0 Å². The normalized spacial score (nSPS) is 10.1. The molecule has 0 fully saturated rings. The fourth-order valence-electron chi connectivity index (χ4n) is 1.73. The minimum absolute atomic E-state index is 0.570. The van der Waals surface area contributed by atoms with Crippen molar-refractivity contribution >= 4 is 10.9 Å². The van der Waals surface area contributed by atoms with E-state index in [0.717, 1.165) is 5.52 Å². The summed E-state index contributed by atoms with van der Waals surface area (Å²) in [6, 6.07) is 8.56. The summed E-state index contributed by atoms with van der Waals surface area (Å²) >= 11 is 0. The maximum Gasteiger partial charge on any atom is 0.0707 e. The second-order valence-corrected chi connectivity index (χ2v) is 4.06. The van der Waals surface area contributed by atoms with Crippen LogP contribution in [0.3, 0.4) is 0 Å². The van der Waals surface area contributed by atoms with E-state index in [1.54, 1.807) is 0 Å². The average Bonchev–Trinajstić information content (AvgIpc) is 2.31. The van der Waals surface area contributed by atoms with E-state index in [1.807, 2.05) is 26.1 Å². The van der Waals surface area contributed by atoms with Gasteiger partial charge in [-0.2, -0.15) is 0 Å². The van der Waals surface area contributed by atoms with Crippen LogP contribution in [0.15, 0.2) is 30.5 Å². The van der Waals surface area contributed by atoms with Gasteiger partial charge in [0.05, 0.1) is 5.52 Å². The van der Waals surface area contributed by atoms with Gasteiger partial charge >= 0.3 is 0 Å². The molecule has 2 aromatic rings. The van der Waals surface area contributed by atoms with Crippen molar-refractivity contribution in [3.05, 3.63) is 41.6 Å². The first-order chi connectivity index (χ1) is 7.68. The molecule has 0 bridgehead atoms. The highest BCUT2D eigenvalue weighted by Gasteiger charge is 2.03. The Hall–Kier alpha value is -1.37. The summed E-state index contributed by atoms with van der Waals surface area (Å²) in [5.74, 6) is 0.570. The molecule has 1 aromatic carbocycles. The van der Waals surface area contributed by atoms with Gasteiger partial charge in [-0.3, -0.25) is 4.98 Å². The van der Waals surface area contributed by atoms with Crippen LogP contribution in [0.2, 0.25) is 0 Å². The van der Waals surface area contributed by atoms with Crippen LogP contribution in [-0.4, -0.2) is 4.98 Å². The van der Waals surface area contributed by atoms with E-state index in [1.165, 1.54) is 16.5 Å². The number of fused-ring (bicyclic) bond motifs is 1. The zero-order chi connectivity index (χ0) is 12.1. The first kappa shape index (κ1) is 12.7. The van der Waals surface area contributed by atoms with E-state index in [9.17, 15) is 0 Å². The molecule has 0 aliphatic carbocycles. The predicted octanol–water partition coefficient (Wildman–Crippen LogP) is 4.69. The number of benzene rings is 1. The van der Waals surface area contributed by atoms with Crippen molar-refractivity contribution in [2.24, 2.45) is 0 Å². The number of hydrogen-bond acceptors (Lipinski definition) is 1. The first-order valence-corrected chi connectivity index (χ1v) is 6.04. The van der Waals surface area contributed by atoms with Gasteiger partial charge < -0.3 is 0 Å². The van der Waals surface area contributed by atoms with Crippen molar-refractivity contribution in [1.82, 2.24) is 4.98 Å². The van der Waals surface area contributed by atoms with Crippen molar-refractivity contribution < 1.29 is 0 Å². The van der Waals surface area contributed by atoms with E-state index in [0.29, 0.717) is 5.92 Å². The first-order valence-electron chi connectivity index (χ1n) is 6.04. The zero-order valence-corrected chi connectivity index (χ0v) is 10.9. The number of rotatable bonds is 1. The van der Waals surface area contributed by atoms with Crippen molar-refractivity contribution in [2.75, 3.05) is 0 Å². The van der Waals surface area contributed by atoms with Gasteiger partial charge in [-0.05, 0) is 36.1 Å². The lowest BCUT2D eigenvalue weighted by molar-refractivity contribution is 0.866. The molecule has 0 amide bonds. The summed E-state index contributed by atoms with van der Waals surface area (Å²) in [5, 5.41) is 1.26. The number of hydrogen-bond donors (Lipinski definition) is 0. The SMILES string of the molecule is CC.Cc1cc(C(C)C)cc2ncccc12. The quantitative estimate of drug-likeness (QED) is 0.672. The summed E-state index contributed by atoms with van der Waals surface area (Å²) in [5.41, 5.74) is 3.80. The molecule has 0 N–H and O–H groups in total. The lowest BCUT2D eigenvalue weighted by Crippen LogP contribution is -1.90. The molecule has 86 valence electrons. The van der Waals surface area contributed by atoms with Gasteiger partial charge in [-0.25, -0.2) is 0 Å². The van der Waals surface area contributed by atoms with E-state index in [2.05, 4.69) is 44.0 Å². The molecule has 16 heavy (non-hydrogen) atoms. The van der Waals surface area contributed by atoms with Crippen LogP contribution in [0, 0.1) is 6.92 Å². The Morgan fingerprint density at radius 3 is 2.44 bits per heavy atom. The second kappa shape index (κ2) is 5.64. The summed E-state index contributed by atoms with van der Waals surface area (Å²) < 4.78 is 0. The van der Waals surface area contributed by atoms with E-state index >= 15 is 0 Å². The second-order valence-electron chi connectivity index (χ2n) is 4.06. The van der Waals surface area contributed by atoms with E-state index in [-0.39, 0.29) is 0 Å². The zero-order valence-electron chi connectivity index (χ0n) is 10.9. The monoisotopic (exact) mass is 215 g/mol. The minimum Gasteiger partial charge on any atom is -0.256 e. The lowest BCUT2D eigenvalue weighted by Gasteiger charge is -2.08. The molecule has 0 aliphatic rings. The van der Waals surface area contributed by atoms with Gasteiger partial charge in [0, 0.05) is 11.6 Å². The van der Waals surface area contributed by atoms with Crippen LogP contribution in [0.25, 0.3) is 10.9 Å². The molecule has 1 nitrogen and oxygen atoms in total. The van der Waals surface area contributed by atoms with E-state index < -0.39 is 0 Å². The van der Waals surface area contributed by atoms with Crippen LogP contribution in [0.1, 0.15) is 44.7 Å². The number of aromatic nitrogens is 1. The fourth-order valence-corrected chi connectivity index (χ4v) is 1.73. The molecular weight excluding hydrogens is 194 g/mol. The molecule has 0 radical (unpaired) electrons. The van der Waals surface area contributed by atoms with Gasteiger partial charge in [-0.15, -0.1) is 0 Å². The molecule has 2 rings (SSSR count). The summed E-state index contributed by atoms with van der Waals surface area (Å²) in [7, 11) is 0. The van der Waals surface area contributed by atoms with Crippen LogP contribution in [0.5, 0.6) is 0 Å². The standard InChI is InChI=1S/C13H15N.C2H6/c1-9(2)11-7-10(3)12-5-4-6-14-13(12)8-11;1-2/h4-9H,1-3H3;1-2H3. The molecule has 1 heteroatoms. The maximum atomic E-state index is 4.39. The molecule has 0 aliphatic heterocycles. The third kappa shape index (κ3) is 2.60. The summed E-state index contributed by atoms with van der Waals surface area (Å²) in [4.78, 5) is 4.39. The number of nitrogens with zero attached hydrogens (tertiary/aromatic N) is 1. The van der Waals surface area contributed by atoms with Crippen LogP contribution in [-0.2, 0) is 0 Å². The molecule has 0 atom stereocenters. The van der Waals surface area contributed by atoms with Crippen molar-refractivity contribution in [2.45, 2.75) is 40.5 Å². The van der Waals surface area contributed by atoms with Crippen LogP contribution in [0.4, 0.5) is 0 Å². The van der Waals surface area contributed by atoms with Gasteiger partial charge in [0.25, 0.3) is 0 Å². The maximum absolute atomic E-state index is 4.39. The molecule has 1 aromatic heterocycles. The van der Waals surface area contributed by atoms with Crippen molar-refractivity contribution in [3.63, 3.8) is 0 Å². The molecular formula is C15H21N. The molecule has 1 heterocycles. The third-order valence-corrected chi connectivity index (χ3v) is 2.62. The van der Waals surface area contributed by atoms with Crippen LogP contribution >= 0.6 is 0 Å². The third-order valence-electron chi connectivity index (χ3n) is 2.62. The Bertz CT molecular complexity index is 458. The van der Waals surface area contributed by atoms with Gasteiger partial charge in [0.1, 0.15) is 0 Å². The lowest BCUT2D eigenvalue weighted by atomic mass is 9.98. The molecule has 0 spiro atoms. The highest BCUT2D eigenvalue weighted by atomic mass is 14.6. The van der Waals surface area contributed by atoms with Gasteiger partial charge in [0.2, 0.25) is 0 Å². The smallest absolute Gasteiger partial charge is 0.0707 e. The largest absolute Gasteiger partial charge is 0.256 e. The molecule has 0 unspecified atom stereocenters. The minimum atomic E-state index is 0.570. The Morgan fingerprint density at radius 1 is 1.12 bits per heavy atom. The predicted molar refractivity (Wildman–Crippen MR) is 71.9 cm³/mol. The number of pyridine rings is 1. The molecule has 0 saturated carbocycles. The highest BCUT2D eigenvalue weighted by molar-refractivity contribution is 5.82. The van der Waals surface area contributed by atoms with Crippen molar-refractivity contribution in [3.8, 4) is 0 Å². The molecule has 0 saturated heterocycles. The van der Waals surface area contributed by atoms with Gasteiger partial charge in [0.15, 0.2) is 0 Å². The van der Waals surface area contributed by atoms with E-state index in [4.69, 9.17) is 0 Å². The Balaban J connectivity index is 0.000000606. The Morgan fingerprint density at radius 2 is 1.81 bits per heavy atom. The Kier molecular flexibility index (Phi) is 4.48. The fraction of sp³-hybridized carbons (Fsp3) is 0.400. The number of aryl methyl sites for hydroxylation is 1. The van der Waals surface area contributed by atoms with Gasteiger partial charge in [-0.1, -0.05) is 39.8 Å². The highest BCUT2D eigenvalue weighted by Crippen LogP contribution is 2.23. The van der Waals surface area contributed by atoms with Crippen molar-refractivity contribution in [1.29, 1.82) is 0 Å². The average molecular weight is 215 g/mol.